The number of aryl methyl sites for hydroxylation is 1. The van der Waals surface area contributed by atoms with E-state index in [1.807, 2.05) is 13.8 Å². The van der Waals surface area contributed by atoms with Gasteiger partial charge in [-0.25, -0.2) is 0 Å². The summed E-state index contributed by atoms with van der Waals surface area (Å²) in [7, 11) is 0. The third-order valence-electron chi connectivity index (χ3n) is 5.61. The fourth-order valence-corrected chi connectivity index (χ4v) is 5.29. The van der Waals surface area contributed by atoms with Crippen LogP contribution in [0.25, 0.3) is 0 Å². The van der Waals surface area contributed by atoms with E-state index in [0.29, 0.717) is 12.0 Å². The Morgan fingerprint density at radius 3 is 3.04 bits per heavy atom. The molecule has 3 heterocycles. The zero-order valence-electron chi connectivity index (χ0n) is 14.4. The quantitative estimate of drug-likeness (QED) is 0.892. The first-order chi connectivity index (χ1) is 12.0. The van der Waals surface area contributed by atoms with Crippen molar-refractivity contribution < 1.29 is 9.63 Å². The number of amides is 1. The van der Waals surface area contributed by atoms with E-state index in [1.54, 1.807) is 0 Å². The number of oxime groups is 1. The lowest BCUT2D eigenvalue weighted by molar-refractivity contribution is -0.133. The van der Waals surface area contributed by atoms with Crippen LogP contribution in [0.15, 0.2) is 5.16 Å². The van der Waals surface area contributed by atoms with Crippen molar-refractivity contribution in [3.05, 3.63) is 11.3 Å². The lowest BCUT2D eigenvalue weighted by atomic mass is 9.92. The second kappa shape index (κ2) is 5.99. The zero-order chi connectivity index (χ0) is 17.6. The van der Waals surface area contributed by atoms with E-state index >= 15 is 0 Å². The van der Waals surface area contributed by atoms with Gasteiger partial charge in [0.05, 0.1) is 23.0 Å². The first-order valence-corrected chi connectivity index (χ1v) is 9.46. The molecule has 3 atom stereocenters. The minimum atomic E-state index is -0.509. The van der Waals surface area contributed by atoms with Crippen molar-refractivity contribution in [1.82, 2.24) is 9.69 Å². The van der Waals surface area contributed by atoms with Crippen LogP contribution in [0.1, 0.15) is 50.3 Å². The Labute approximate surface area is 150 Å². The third-order valence-corrected chi connectivity index (χ3v) is 6.59. The van der Waals surface area contributed by atoms with Crippen molar-refractivity contribution in [2.45, 2.75) is 63.6 Å². The summed E-state index contributed by atoms with van der Waals surface area (Å²) in [5.41, 5.74) is 2.07. The highest BCUT2D eigenvalue weighted by molar-refractivity contribution is 7.10. The van der Waals surface area contributed by atoms with Crippen LogP contribution in [0, 0.1) is 18.3 Å². The maximum atomic E-state index is 12.7. The molecule has 3 aliphatic rings. The van der Waals surface area contributed by atoms with Crippen LogP contribution in [-0.2, 0) is 9.63 Å². The average molecular weight is 359 g/mol. The van der Waals surface area contributed by atoms with Gasteiger partial charge >= 0.3 is 0 Å². The van der Waals surface area contributed by atoms with Gasteiger partial charge in [-0.1, -0.05) is 5.16 Å². The van der Waals surface area contributed by atoms with Gasteiger partial charge in [-0.3, -0.25) is 4.79 Å². The van der Waals surface area contributed by atoms with Gasteiger partial charge in [0.15, 0.2) is 0 Å². The highest BCUT2D eigenvalue weighted by Gasteiger charge is 2.53. The van der Waals surface area contributed by atoms with Crippen LogP contribution in [-0.4, -0.2) is 40.2 Å². The second-order valence-electron chi connectivity index (χ2n) is 7.18. The molecule has 0 bridgehead atoms. The number of hydrogen-bond donors (Lipinski definition) is 1. The standard InChI is InChI=1S/C17H21N5O2S/c1-10-8-13(24-20-10)15(23)19-17-5-3-4-14(17)22(7-6-17)16-12(9-18)11(2)21-25-16/h13-14H,3-8H2,1-2H3,(H,19,23). The van der Waals surface area contributed by atoms with Crippen LogP contribution < -0.4 is 10.2 Å². The van der Waals surface area contributed by atoms with Crippen molar-refractivity contribution in [3.8, 4) is 6.07 Å². The maximum absolute atomic E-state index is 12.7. The van der Waals surface area contributed by atoms with E-state index in [2.05, 4.69) is 25.8 Å². The van der Waals surface area contributed by atoms with E-state index in [-0.39, 0.29) is 17.5 Å². The molecule has 1 aromatic heterocycles. The number of carbonyl (C=O) groups excluding carboxylic acids is 1. The first-order valence-electron chi connectivity index (χ1n) is 8.68. The Balaban J connectivity index is 1.55. The highest BCUT2D eigenvalue weighted by atomic mass is 32.1. The van der Waals surface area contributed by atoms with Gasteiger partial charge in [0.25, 0.3) is 5.91 Å². The molecule has 25 heavy (non-hydrogen) atoms. The van der Waals surface area contributed by atoms with E-state index in [1.165, 1.54) is 11.5 Å². The summed E-state index contributed by atoms with van der Waals surface area (Å²) in [5.74, 6) is -0.0738. The van der Waals surface area contributed by atoms with E-state index in [0.717, 1.165) is 48.6 Å². The van der Waals surface area contributed by atoms with Crippen molar-refractivity contribution in [3.63, 3.8) is 0 Å². The Kier molecular flexibility index (Phi) is 3.91. The smallest absolute Gasteiger partial charge is 0.264 e. The van der Waals surface area contributed by atoms with Crippen molar-refractivity contribution in [2.75, 3.05) is 11.4 Å². The molecular formula is C17H21N5O2S. The molecule has 1 aromatic rings. The molecule has 2 aliphatic heterocycles. The third kappa shape index (κ3) is 2.58. The minimum absolute atomic E-state index is 0.0738. The molecule has 0 radical (unpaired) electrons. The second-order valence-corrected chi connectivity index (χ2v) is 7.93. The molecule has 1 amide bonds. The number of rotatable bonds is 3. The molecule has 3 unspecified atom stereocenters. The number of carbonyl (C=O) groups is 1. The van der Waals surface area contributed by atoms with E-state index < -0.39 is 6.10 Å². The number of nitriles is 1. The predicted octanol–water partition coefficient (Wildman–Crippen LogP) is 2.11. The van der Waals surface area contributed by atoms with E-state index in [4.69, 9.17) is 4.84 Å². The molecule has 7 nitrogen and oxygen atoms in total. The van der Waals surface area contributed by atoms with E-state index in [9.17, 15) is 10.1 Å². The number of nitrogens with zero attached hydrogens (tertiary/aromatic N) is 4. The number of nitrogens with one attached hydrogen (secondary N) is 1. The number of hydrogen-bond acceptors (Lipinski definition) is 7. The highest BCUT2D eigenvalue weighted by Crippen LogP contribution is 2.46. The van der Waals surface area contributed by atoms with Crippen LogP contribution in [0.2, 0.25) is 0 Å². The zero-order valence-corrected chi connectivity index (χ0v) is 15.2. The van der Waals surface area contributed by atoms with Gasteiger partial charge in [0.1, 0.15) is 16.6 Å². The molecule has 0 spiro atoms. The largest absolute Gasteiger partial charge is 0.382 e. The normalized spacial score (nSPS) is 30.6. The molecule has 8 heteroatoms. The number of aromatic nitrogens is 1. The van der Waals surface area contributed by atoms with Gasteiger partial charge in [-0.15, -0.1) is 0 Å². The molecular weight excluding hydrogens is 338 g/mol. The first kappa shape index (κ1) is 16.3. The average Bonchev–Trinajstić information content (AvgIpc) is 3.31. The summed E-state index contributed by atoms with van der Waals surface area (Å²) in [6, 6.07) is 2.50. The molecule has 1 saturated heterocycles. The van der Waals surface area contributed by atoms with Crippen LogP contribution >= 0.6 is 11.5 Å². The van der Waals surface area contributed by atoms with Crippen LogP contribution in [0.5, 0.6) is 0 Å². The number of anilines is 1. The minimum Gasteiger partial charge on any atom is -0.382 e. The fourth-order valence-electron chi connectivity index (χ4n) is 4.37. The lowest BCUT2D eigenvalue weighted by Crippen LogP contribution is -2.56. The van der Waals surface area contributed by atoms with Crippen LogP contribution in [0.3, 0.4) is 0 Å². The number of fused-ring (bicyclic) bond motifs is 1. The summed E-state index contributed by atoms with van der Waals surface area (Å²) >= 11 is 1.39. The van der Waals surface area contributed by atoms with Gasteiger partial charge < -0.3 is 15.1 Å². The Hall–Kier alpha value is -2.14. The summed E-state index contributed by atoms with van der Waals surface area (Å²) in [5, 5.41) is 17.6. The molecule has 1 saturated carbocycles. The molecule has 0 aromatic carbocycles. The Morgan fingerprint density at radius 1 is 1.48 bits per heavy atom. The Morgan fingerprint density at radius 2 is 2.32 bits per heavy atom. The topological polar surface area (TPSA) is 90.6 Å². The molecule has 132 valence electrons. The summed E-state index contributed by atoms with van der Waals surface area (Å²) in [4.78, 5) is 20.2. The van der Waals surface area contributed by atoms with Gasteiger partial charge in [0.2, 0.25) is 6.10 Å². The van der Waals surface area contributed by atoms with Crippen molar-refractivity contribution in [2.24, 2.45) is 5.16 Å². The predicted molar refractivity (Wildman–Crippen MR) is 94.6 cm³/mol. The molecule has 1 aliphatic carbocycles. The maximum Gasteiger partial charge on any atom is 0.264 e. The van der Waals surface area contributed by atoms with Gasteiger partial charge in [0, 0.05) is 13.0 Å². The summed E-state index contributed by atoms with van der Waals surface area (Å²) in [6.07, 6.45) is 3.99. The molecule has 4 rings (SSSR count). The van der Waals surface area contributed by atoms with Gasteiger partial charge in [-0.05, 0) is 51.1 Å². The Bertz CT molecular complexity index is 782. The van der Waals surface area contributed by atoms with Crippen LogP contribution in [0.4, 0.5) is 5.00 Å². The van der Waals surface area contributed by atoms with Crippen molar-refractivity contribution >= 4 is 28.2 Å². The fraction of sp³-hybridized carbons (Fsp3) is 0.647. The monoisotopic (exact) mass is 359 g/mol. The summed E-state index contributed by atoms with van der Waals surface area (Å²) in [6.45, 7) is 4.58. The van der Waals surface area contributed by atoms with Gasteiger partial charge in [-0.2, -0.15) is 9.64 Å². The van der Waals surface area contributed by atoms with Crippen molar-refractivity contribution in [1.29, 1.82) is 5.26 Å². The molecule has 2 fully saturated rings. The SMILES string of the molecule is CC1=NOC(C(=O)NC23CCCC2N(c2snc(C)c2C#N)CC3)C1. The molecule has 1 N–H and O–H groups in total. The lowest BCUT2D eigenvalue weighted by Gasteiger charge is -2.34. The summed E-state index contributed by atoms with van der Waals surface area (Å²) < 4.78 is 4.36.